The Morgan fingerprint density at radius 1 is 1.12 bits per heavy atom. The molecule has 0 radical (unpaired) electrons. The van der Waals surface area contributed by atoms with Gasteiger partial charge in [0, 0.05) is 27.9 Å². The van der Waals surface area contributed by atoms with E-state index in [-0.39, 0.29) is 22.8 Å². The SMILES string of the molecule is CC(C)(C)NC(=O)c1nn(-c2ccc(C#CCN)cc2)c(-c2ccc(Cl)cc2)c1S(C)(=O)=O. The first-order valence-electron chi connectivity index (χ1n) is 10.1. The molecule has 9 heteroatoms. The maximum atomic E-state index is 13.1. The third-order valence-electron chi connectivity index (χ3n) is 4.48. The first kappa shape index (κ1) is 24.5. The summed E-state index contributed by atoms with van der Waals surface area (Å²) in [5.41, 5.74) is 6.81. The normalized spacial score (nSPS) is 11.6. The van der Waals surface area contributed by atoms with Crippen molar-refractivity contribution in [1.82, 2.24) is 15.1 Å². The predicted molar refractivity (Wildman–Crippen MR) is 130 cm³/mol. The zero-order valence-electron chi connectivity index (χ0n) is 18.8. The summed E-state index contributed by atoms with van der Waals surface area (Å²) in [5, 5.41) is 7.76. The number of carbonyl (C=O) groups excluding carboxylic acids is 1. The maximum Gasteiger partial charge on any atom is 0.273 e. The molecule has 0 aliphatic carbocycles. The van der Waals surface area contributed by atoms with Gasteiger partial charge in [-0.3, -0.25) is 4.79 Å². The number of sulfone groups is 1. The number of hydrogen-bond donors (Lipinski definition) is 2. The molecule has 172 valence electrons. The van der Waals surface area contributed by atoms with Gasteiger partial charge in [0.15, 0.2) is 15.5 Å². The zero-order chi connectivity index (χ0) is 24.4. The Bertz CT molecular complexity index is 1340. The molecular weight excluding hydrogens is 460 g/mol. The minimum Gasteiger partial charge on any atom is -0.346 e. The zero-order valence-corrected chi connectivity index (χ0v) is 20.4. The number of hydrogen-bond acceptors (Lipinski definition) is 5. The number of benzene rings is 2. The lowest BCUT2D eigenvalue weighted by Gasteiger charge is -2.19. The first-order chi connectivity index (χ1) is 15.4. The van der Waals surface area contributed by atoms with Gasteiger partial charge >= 0.3 is 0 Å². The van der Waals surface area contributed by atoms with E-state index in [1.54, 1.807) is 48.5 Å². The van der Waals surface area contributed by atoms with Gasteiger partial charge in [-0.05, 0) is 57.2 Å². The monoisotopic (exact) mass is 484 g/mol. The van der Waals surface area contributed by atoms with Gasteiger partial charge in [-0.2, -0.15) is 5.10 Å². The molecule has 0 saturated heterocycles. The molecule has 0 spiro atoms. The molecule has 0 atom stereocenters. The van der Waals surface area contributed by atoms with Crippen LogP contribution in [-0.2, 0) is 9.84 Å². The average molecular weight is 485 g/mol. The van der Waals surface area contributed by atoms with Crippen molar-refractivity contribution in [1.29, 1.82) is 0 Å². The number of nitrogens with zero attached hydrogens (tertiary/aromatic N) is 2. The minimum absolute atomic E-state index is 0.154. The van der Waals surface area contributed by atoms with Crippen molar-refractivity contribution < 1.29 is 13.2 Å². The van der Waals surface area contributed by atoms with E-state index in [1.807, 2.05) is 20.8 Å². The van der Waals surface area contributed by atoms with Crippen molar-refractivity contribution >= 4 is 27.3 Å². The summed E-state index contributed by atoms with van der Waals surface area (Å²) in [4.78, 5) is 12.9. The second kappa shape index (κ2) is 9.40. The van der Waals surface area contributed by atoms with E-state index in [2.05, 4.69) is 22.3 Å². The second-order valence-electron chi connectivity index (χ2n) is 8.47. The van der Waals surface area contributed by atoms with E-state index in [9.17, 15) is 13.2 Å². The van der Waals surface area contributed by atoms with Crippen LogP contribution in [0.3, 0.4) is 0 Å². The lowest BCUT2D eigenvalue weighted by molar-refractivity contribution is 0.0910. The second-order valence-corrected chi connectivity index (χ2v) is 10.9. The van der Waals surface area contributed by atoms with Gasteiger partial charge in [0.05, 0.1) is 17.9 Å². The van der Waals surface area contributed by atoms with Crippen LogP contribution in [0.15, 0.2) is 53.4 Å². The summed E-state index contributed by atoms with van der Waals surface area (Å²) in [7, 11) is -3.84. The van der Waals surface area contributed by atoms with E-state index >= 15 is 0 Å². The number of rotatable bonds is 4. The lowest BCUT2D eigenvalue weighted by atomic mass is 10.1. The fourth-order valence-corrected chi connectivity index (χ4v) is 4.36. The van der Waals surface area contributed by atoms with Crippen LogP contribution >= 0.6 is 11.6 Å². The molecule has 3 rings (SSSR count). The summed E-state index contributed by atoms with van der Waals surface area (Å²) in [5.74, 6) is 5.15. The summed E-state index contributed by atoms with van der Waals surface area (Å²) < 4.78 is 27.3. The standard InChI is InChI=1S/C24H25ClN4O3S/c1-24(2,3)27-23(30)20-22(33(4,31)32)21(17-9-11-18(25)12-10-17)29(28-20)19-13-7-16(8-14-19)6-5-15-26/h7-14H,15,26H2,1-4H3,(H,27,30). The molecule has 0 saturated carbocycles. The molecule has 1 heterocycles. The van der Waals surface area contributed by atoms with Gasteiger partial charge in [0.1, 0.15) is 4.90 Å². The van der Waals surface area contributed by atoms with E-state index in [4.69, 9.17) is 17.3 Å². The molecule has 2 aromatic carbocycles. The Hall–Kier alpha value is -3.12. The van der Waals surface area contributed by atoms with Crippen molar-refractivity contribution in [2.45, 2.75) is 31.2 Å². The highest BCUT2D eigenvalue weighted by molar-refractivity contribution is 7.91. The molecule has 0 aliphatic rings. The van der Waals surface area contributed by atoms with Crippen LogP contribution in [0, 0.1) is 11.8 Å². The molecule has 7 nitrogen and oxygen atoms in total. The fourth-order valence-electron chi connectivity index (χ4n) is 3.19. The molecule has 3 aromatic rings. The molecule has 1 aromatic heterocycles. The molecule has 0 aliphatic heterocycles. The van der Waals surface area contributed by atoms with Gasteiger partial charge in [-0.1, -0.05) is 35.6 Å². The van der Waals surface area contributed by atoms with E-state index < -0.39 is 21.3 Å². The molecular formula is C24H25ClN4O3S. The summed E-state index contributed by atoms with van der Waals surface area (Å²) in [6, 6.07) is 13.8. The summed E-state index contributed by atoms with van der Waals surface area (Å²) in [6.07, 6.45) is 1.06. The van der Waals surface area contributed by atoms with Gasteiger partial charge in [-0.25, -0.2) is 13.1 Å². The van der Waals surface area contributed by atoms with Gasteiger partial charge in [0.25, 0.3) is 5.91 Å². The van der Waals surface area contributed by atoms with Crippen molar-refractivity contribution in [3.63, 3.8) is 0 Å². The third-order valence-corrected chi connectivity index (χ3v) is 5.86. The van der Waals surface area contributed by atoms with Crippen molar-refractivity contribution in [3.8, 4) is 28.8 Å². The molecule has 1 amide bonds. The van der Waals surface area contributed by atoms with Crippen LogP contribution in [0.25, 0.3) is 16.9 Å². The fraction of sp³-hybridized carbons (Fsp3) is 0.250. The topological polar surface area (TPSA) is 107 Å². The van der Waals surface area contributed by atoms with Crippen LogP contribution in [0.4, 0.5) is 0 Å². The van der Waals surface area contributed by atoms with Crippen LogP contribution in [0.2, 0.25) is 5.02 Å². The molecule has 0 bridgehead atoms. The highest BCUT2D eigenvalue weighted by atomic mass is 35.5. The smallest absolute Gasteiger partial charge is 0.273 e. The van der Waals surface area contributed by atoms with Crippen molar-refractivity contribution in [3.05, 3.63) is 64.8 Å². The Morgan fingerprint density at radius 2 is 1.73 bits per heavy atom. The molecule has 0 fully saturated rings. The Morgan fingerprint density at radius 3 is 2.24 bits per heavy atom. The molecule has 33 heavy (non-hydrogen) atoms. The number of amides is 1. The van der Waals surface area contributed by atoms with Crippen LogP contribution in [0.5, 0.6) is 0 Å². The van der Waals surface area contributed by atoms with E-state index in [0.29, 0.717) is 16.3 Å². The van der Waals surface area contributed by atoms with Gasteiger partial charge < -0.3 is 11.1 Å². The number of nitrogens with two attached hydrogens (primary N) is 1. The van der Waals surface area contributed by atoms with Crippen molar-refractivity contribution in [2.24, 2.45) is 5.73 Å². The maximum absolute atomic E-state index is 13.1. The number of nitrogens with one attached hydrogen (secondary N) is 1. The number of halogens is 1. The summed E-state index contributed by atoms with van der Waals surface area (Å²) >= 11 is 6.05. The number of carbonyl (C=O) groups is 1. The molecule has 0 unspecified atom stereocenters. The van der Waals surface area contributed by atoms with Crippen molar-refractivity contribution in [2.75, 3.05) is 12.8 Å². The van der Waals surface area contributed by atoms with E-state index in [1.165, 1.54) is 4.68 Å². The predicted octanol–water partition coefficient (Wildman–Crippen LogP) is 3.43. The first-order valence-corrected chi connectivity index (χ1v) is 12.4. The molecule has 3 N–H and O–H groups in total. The number of aromatic nitrogens is 2. The van der Waals surface area contributed by atoms with E-state index in [0.717, 1.165) is 11.8 Å². The minimum atomic E-state index is -3.84. The van der Waals surface area contributed by atoms with Crippen LogP contribution < -0.4 is 11.1 Å². The van der Waals surface area contributed by atoms with Crippen LogP contribution in [-0.4, -0.2) is 42.4 Å². The largest absolute Gasteiger partial charge is 0.346 e. The Kier molecular flexibility index (Phi) is 6.98. The highest BCUT2D eigenvalue weighted by Gasteiger charge is 2.32. The highest BCUT2D eigenvalue weighted by Crippen LogP contribution is 2.33. The van der Waals surface area contributed by atoms with Gasteiger partial charge in [-0.15, -0.1) is 0 Å². The Labute approximate surface area is 198 Å². The Balaban J connectivity index is 2.31. The third kappa shape index (κ3) is 5.82. The summed E-state index contributed by atoms with van der Waals surface area (Å²) in [6.45, 7) is 5.67. The average Bonchev–Trinajstić information content (AvgIpc) is 3.13. The quantitative estimate of drug-likeness (QED) is 0.551. The van der Waals surface area contributed by atoms with Gasteiger partial charge in [0.2, 0.25) is 0 Å². The van der Waals surface area contributed by atoms with Crippen LogP contribution in [0.1, 0.15) is 36.8 Å². The lowest BCUT2D eigenvalue weighted by Crippen LogP contribution is -2.41.